The molecule has 62 heavy (non-hydrogen) atoms. The van der Waals surface area contributed by atoms with Crippen molar-refractivity contribution in [3.05, 3.63) is 36.0 Å². The maximum absolute atomic E-state index is 6.61. The molecule has 3 saturated carbocycles. The summed E-state index contributed by atoms with van der Waals surface area (Å²) in [4.78, 5) is 2.23. The van der Waals surface area contributed by atoms with Crippen LogP contribution >= 0.6 is 0 Å². The first-order chi connectivity index (χ1) is 30.1. The highest BCUT2D eigenvalue weighted by Crippen LogP contribution is 2.67. The van der Waals surface area contributed by atoms with E-state index in [0.717, 1.165) is 81.3 Å². The van der Waals surface area contributed by atoms with Crippen molar-refractivity contribution in [2.75, 3.05) is 47.1 Å². The fourth-order valence-corrected chi connectivity index (χ4v) is 13.2. The van der Waals surface area contributed by atoms with Gasteiger partial charge in [0.2, 0.25) is 0 Å². The lowest BCUT2D eigenvalue weighted by Crippen LogP contribution is -2.51. The molecule has 0 bridgehead atoms. The van der Waals surface area contributed by atoms with Crippen LogP contribution in [0.25, 0.3) is 0 Å². The monoisotopic (exact) mass is 864 g/mol. The molecule has 0 aliphatic heterocycles. The number of fused-ring (bicyclic) bond motifs is 5. The van der Waals surface area contributed by atoms with Crippen LogP contribution in [0.15, 0.2) is 36.0 Å². The Hall–Kier alpha value is -0.940. The van der Waals surface area contributed by atoms with E-state index in [1.54, 1.807) is 5.57 Å². The molecule has 0 heterocycles. The lowest BCUT2D eigenvalue weighted by Gasteiger charge is -2.58. The first-order valence-corrected chi connectivity index (χ1v) is 27.5. The van der Waals surface area contributed by atoms with E-state index in [1.807, 2.05) is 0 Å². The summed E-state index contributed by atoms with van der Waals surface area (Å²) in [6.07, 6.45) is 51.1. The van der Waals surface area contributed by atoms with Gasteiger partial charge in [0.05, 0.1) is 18.8 Å². The number of hydrogen-bond donors (Lipinski definition) is 0. The Labute approximate surface area is 387 Å². The van der Waals surface area contributed by atoms with E-state index >= 15 is 0 Å². The average molecular weight is 864 g/mol. The predicted octanol–water partition coefficient (Wildman–Crippen LogP) is 16.5. The van der Waals surface area contributed by atoms with Gasteiger partial charge in [-0.15, -0.1) is 0 Å². The van der Waals surface area contributed by atoms with Gasteiger partial charge in [0.15, 0.2) is 0 Å². The van der Waals surface area contributed by atoms with Crippen LogP contribution in [0.2, 0.25) is 0 Å². The lowest BCUT2D eigenvalue weighted by atomic mass is 9.47. The molecule has 3 fully saturated rings. The third-order valence-corrected chi connectivity index (χ3v) is 16.9. The molecule has 0 saturated heterocycles. The normalized spacial score (nSPS) is 28.5. The number of allylic oxidation sites excluding steroid dienone is 5. The Morgan fingerprint density at radius 2 is 1.35 bits per heavy atom. The van der Waals surface area contributed by atoms with Crippen molar-refractivity contribution in [1.82, 2.24) is 4.90 Å². The van der Waals surface area contributed by atoms with Crippen molar-refractivity contribution in [1.29, 1.82) is 0 Å². The SMILES string of the molecule is CCCCCC=CC/C=C\CCCCCCCCOC[C@H](CN(C)C)OCCCCCCCCOC1CC[C@@]2(C)C(=CC[C@H]3[C@@H]4CC[C@H]([C@H](C)CCCC(C)C)[C@@]4(C)CC[C@@H]32)C1. The second-order valence-corrected chi connectivity index (χ2v) is 22.6. The third kappa shape index (κ3) is 18.4. The zero-order valence-corrected chi connectivity index (χ0v) is 42.7. The number of unbranched alkanes of at least 4 members (excludes halogenated alkanes) is 14. The Morgan fingerprint density at radius 1 is 0.694 bits per heavy atom. The van der Waals surface area contributed by atoms with Crippen LogP contribution in [-0.4, -0.2) is 64.2 Å². The van der Waals surface area contributed by atoms with Crippen LogP contribution in [0.5, 0.6) is 0 Å². The Bertz CT molecular complexity index is 1240. The van der Waals surface area contributed by atoms with Gasteiger partial charge in [0.25, 0.3) is 0 Å². The van der Waals surface area contributed by atoms with E-state index in [9.17, 15) is 0 Å². The average Bonchev–Trinajstić information content (AvgIpc) is 3.60. The van der Waals surface area contributed by atoms with Crippen LogP contribution in [0.4, 0.5) is 0 Å². The highest BCUT2D eigenvalue weighted by molar-refractivity contribution is 5.25. The van der Waals surface area contributed by atoms with E-state index < -0.39 is 0 Å². The van der Waals surface area contributed by atoms with E-state index in [-0.39, 0.29) is 6.10 Å². The minimum atomic E-state index is 0.173. The summed E-state index contributed by atoms with van der Waals surface area (Å²) in [5.74, 6) is 5.49. The molecule has 4 aliphatic rings. The minimum Gasteiger partial charge on any atom is -0.379 e. The second-order valence-electron chi connectivity index (χ2n) is 22.6. The van der Waals surface area contributed by atoms with Gasteiger partial charge in [-0.1, -0.05) is 161 Å². The van der Waals surface area contributed by atoms with Crippen molar-refractivity contribution >= 4 is 0 Å². The van der Waals surface area contributed by atoms with Crippen molar-refractivity contribution in [2.24, 2.45) is 46.3 Å². The summed E-state index contributed by atoms with van der Waals surface area (Å²) < 4.78 is 19.0. The van der Waals surface area contributed by atoms with Crippen LogP contribution in [0.3, 0.4) is 0 Å². The molecule has 0 amide bonds. The fourth-order valence-electron chi connectivity index (χ4n) is 13.2. The molecule has 4 aliphatic carbocycles. The summed E-state index contributed by atoms with van der Waals surface area (Å²) in [6, 6.07) is 0. The molecule has 9 atom stereocenters. The van der Waals surface area contributed by atoms with Crippen LogP contribution in [-0.2, 0) is 14.2 Å². The van der Waals surface area contributed by atoms with Crippen molar-refractivity contribution < 1.29 is 14.2 Å². The minimum absolute atomic E-state index is 0.173. The Kier molecular flexibility index (Phi) is 26.3. The van der Waals surface area contributed by atoms with Gasteiger partial charge in [-0.05, 0) is 163 Å². The van der Waals surface area contributed by atoms with Gasteiger partial charge in [-0.25, -0.2) is 0 Å². The zero-order valence-electron chi connectivity index (χ0n) is 42.7. The Morgan fingerprint density at radius 3 is 2.05 bits per heavy atom. The molecule has 360 valence electrons. The highest BCUT2D eigenvalue weighted by atomic mass is 16.5. The summed E-state index contributed by atoms with van der Waals surface area (Å²) in [7, 11) is 4.28. The van der Waals surface area contributed by atoms with E-state index in [2.05, 4.69) is 90.9 Å². The number of ether oxygens (including phenoxy) is 3. The Balaban J connectivity index is 0.980. The maximum Gasteiger partial charge on any atom is 0.0934 e. The summed E-state index contributed by atoms with van der Waals surface area (Å²) in [5, 5.41) is 0. The van der Waals surface area contributed by atoms with Gasteiger partial charge >= 0.3 is 0 Å². The lowest BCUT2D eigenvalue weighted by molar-refractivity contribution is -0.0641. The summed E-state index contributed by atoms with van der Waals surface area (Å²) in [6.45, 7) is 19.4. The molecule has 4 heteroatoms. The van der Waals surface area contributed by atoms with Crippen molar-refractivity contribution in [2.45, 2.75) is 240 Å². The van der Waals surface area contributed by atoms with E-state index in [0.29, 0.717) is 16.9 Å². The van der Waals surface area contributed by atoms with E-state index in [1.165, 1.54) is 173 Å². The number of likely N-dealkylation sites (N-methyl/N-ethyl adjacent to an activating group) is 1. The molecule has 4 nitrogen and oxygen atoms in total. The molecule has 1 unspecified atom stereocenters. The standard InChI is InChI=1S/C58H105NO3/c1-9-10-11-12-13-14-15-16-17-18-19-20-21-22-25-28-42-60-47-52(46-59(7)8)62-44-30-27-24-23-26-29-43-61-51-38-40-57(5)50(45-51)34-35-53-55-37-36-54(49(4)33-31-32-48(2)3)58(55,6)41-39-56(53)57/h13-14,16-17,34,48-49,51-56H,9-12,15,18-33,35-47H2,1-8H3/b14-13?,17-16-/t49-,51?,52+,53+,54-,55+,56+,57+,58-/m1/s1. The molecular formula is C58H105NO3. The maximum atomic E-state index is 6.61. The topological polar surface area (TPSA) is 30.9 Å². The predicted molar refractivity (Wildman–Crippen MR) is 269 cm³/mol. The van der Waals surface area contributed by atoms with Crippen LogP contribution in [0.1, 0.15) is 228 Å². The number of rotatable bonds is 35. The first-order valence-electron chi connectivity index (χ1n) is 27.5. The number of nitrogens with zero attached hydrogens (tertiary/aromatic N) is 1. The first kappa shape index (κ1) is 53.7. The quantitative estimate of drug-likeness (QED) is 0.0469. The second kappa shape index (κ2) is 30.4. The largest absolute Gasteiger partial charge is 0.379 e. The van der Waals surface area contributed by atoms with Gasteiger partial charge in [0, 0.05) is 26.4 Å². The molecule has 0 spiro atoms. The smallest absolute Gasteiger partial charge is 0.0934 e. The summed E-state index contributed by atoms with van der Waals surface area (Å²) >= 11 is 0. The molecule has 0 aromatic rings. The summed E-state index contributed by atoms with van der Waals surface area (Å²) in [5.41, 5.74) is 2.79. The van der Waals surface area contributed by atoms with Crippen molar-refractivity contribution in [3.8, 4) is 0 Å². The number of hydrogen-bond acceptors (Lipinski definition) is 4. The molecule has 0 aromatic heterocycles. The third-order valence-electron chi connectivity index (χ3n) is 16.9. The van der Waals surface area contributed by atoms with Gasteiger partial charge in [-0.2, -0.15) is 0 Å². The molecule has 0 aromatic carbocycles. The highest BCUT2D eigenvalue weighted by Gasteiger charge is 2.59. The van der Waals surface area contributed by atoms with Gasteiger partial charge in [-0.3, -0.25) is 0 Å². The molecule has 0 N–H and O–H groups in total. The van der Waals surface area contributed by atoms with Gasteiger partial charge < -0.3 is 19.1 Å². The van der Waals surface area contributed by atoms with Gasteiger partial charge in [0.1, 0.15) is 0 Å². The molecular weight excluding hydrogens is 759 g/mol. The van der Waals surface area contributed by atoms with E-state index in [4.69, 9.17) is 14.2 Å². The fraction of sp³-hybridized carbons (Fsp3) is 0.897. The zero-order chi connectivity index (χ0) is 44.5. The van der Waals surface area contributed by atoms with Crippen LogP contribution in [0, 0.1) is 46.3 Å². The molecule has 4 rings (SSSR count). The van der Waals surface area contributed by atoms with Crippen LogP contribution < -0.4 is 0 Å². The molecule has 0 radical (unpaired) electrons. The van der Waals surface area contributed by atoms with Crippen molar-refractivity contribution in [3.63, 3.8) is 0 Å².